The van der Waals surface area contributed by atoms with E-state index in [1.165, 1.54) is 30.4 Å². The number of hydrogen-bond donors (Lipinski definition) is 2. The van der Waals surface area contributed by atoms with E-state index < -0.39 is 34.0 Å². The molecule has 1 fully saturated rings. The summed E-state index contributed by atoms with van der Waals surface area (Å²) in [4.78, 5) is 35.0. The Labute approximate surface area is 167 Å². The van der Waals surface area contributed by atoms with Gasteiger partial charge in [0.05, 0.1) is 23.8 Å². The third-order valence-corrected chi connectivity index (χ3v) is 6.25. The molecule has 10 nitrogen and oxygen atoms in total. The molecule has 0 aromatic heterocycles. The number of urea groups is 1. The highest BCUT2D eigenvalue weighted by Crippen LogP contribution is 2.27. The number of sulfonamides is 1. The van der Waals surface area contributed by atoms with Crippen molar-refractivity contribution in [1.29, 1.82) is 0 Å². The number of carbonyl (C=O) groups excluding carboxylic acids is 3. The molecule has 1 aromatic rings. The average molecular weight is 434 g/mol. The number of ether oxygens (including phenoxy) is 2. The van der Waals surface area contributed by atoms with Crippen LogP contribution >= 0.6 is 11.6 Å². The molecular weight excluding hydrogens is 414 g/mol. The van der Waals surface area contributed by atoms with E-state index in [2.05, 4.69) is 5.32 Å². The van der Waals surface area contributed by atoms with Crippen molar-refractivity contribution in [2.75, 3.05) is 33.4 Å². The van der Waals surface area contributed by atoms with E-state index in [1.54, 1.807) is 0 Å². The van der Waals surface area contributed by atoms with Crippen molar-refractivity contribution >= 4 is 39.5 Å². The van der Waals surface area contributed by atoms with E-state index in [1.807, 2.05) is 5.32 Å². The van der Waals surface area contributed by atoms with Crippen molar-refractivity contribution in [3.63, 3.8) is 0 Å². The zero-order valence-electron chi connectivity index (χ0n) is 15.2. The molecule has 0 saturated carbocycles. The molecule has 1 aromatic carbocycles. The highest BCUT2D eigenvalue weighted by atomic mass is 35.5. The van der Waals surface area contributed by atoms with Crippen LogP contribution in [-0.2, 0) is 24.3 Å². The van der Waals surface area contributed by atoms with Crippen LogP contribution in [0.3, 0.4) is 0 Å². The van der Waals surface area contributed by atoms with Gasteiger partial charge in [-0.15, -0.1) is 0 Å². The number of hydrogen-bond acceptors (Lipinski definition) is 7. The Hall–Kier alpha value is -2.21. The molecule has 0 aliphatic carbocycles. The molecule has 154 valence electrons. The highest BCUT2D eigenvalue weighted by molar-refractivity contribution is 7.89. The fraction of sp³-hybridized carbons (Fsp3) is 0.438. The molecule has 1 unspecified atom stereocenters. The number of nitrogens with zero attached hydrogens (tertiary/aromatic N) is 1. The van der Waals surface area contributed by atoms with Gasteiger partial charge in [0.25, 0.3) is 5.91 Å². The molecule has 28 heavy (non-hydrogen) atoms. The lowest BCUT2D eigenvalue weighted by Gasteiger charge is -2.26. The van der Waals surface area contributed by atoms with Gasteiger partial charge in [-0.2, -0.15) is 4.31 Å². The lowest BCUT2D eigenvalue weighted by Crippen LogP contribution is -2.43. The van der Waals surface area contributed by atoms with E-state index in [-0.39, 0.29) is 41.8 Å². The number of amides is 3. The van der Waals surface area contributed by atoms with Crippen molar-refractivity contribution in [2.45, 2.75) is 17.9 Å². The second-order valence-corrected chi connectivity index (χ2v) is 8.09. The second-order valence-electron chi connectivity index (χ2n) is 5.78. The van der Waals surface area contributed by atoms with Crippen LogP contribution in [0, 0.1) is 0 Å². The fourth-order valence-corrected chi connectivity index (χ4v) is 4.22. The van der Waals surface area contributed by atoms with Gasteiger partial charge in [-0.1, -0.05) is 11.6 Å². The molecule has 1 atom stereocenters. The van der Waals surface area contributed by atoms with Crippen molar-refractivity contribution < 1.29 is 32.3 Å². The molecule has 1 saturated heterocycles. The van der Waals surface area contributed by atoms with E-state index in [0.717, 1.165) is 6.07 Å². The molecule has 0 spiro atoms. The Morgan fingerprint density at radius 3 is 2.50 bits per heavy atom. The third kappa shape index (κ3) is 5.19. The smallest absolute Gasteiger partial charge is 0.338 e. The predicted octanol–water partition coefficient (Wildman–Crippen LogP) is 0.362. The monoisotopic (exact) mass is 433 g/mol. The molecule has 2 N–H and O–H groups in total. The van der Waals surface area contributed by atoms with Crippen LogP contribution in [0.5, 0.6) is 0 Å². The van der Waals surface area contributed by atoms with Crippen LogP contribution in [0.15, 0.2) is 23.1 Å². The summed E-state index contributed by atoms with van der Waals surface area (Å²) in [6.45, 7) is 2.14. The number of morpholine rings is 1. The van der Waals surface area contributed by atoms with Crippen LogP contribution in [0.25, 0.3) is 0 Å². The van der Waals surface area contributed by atoms with E-state index in [4.69, 9.17) is 21.1 Å². The van der Waals surface area contributed by atoms with Gasteiger partial charge < -0.3 is 14.8 Å². The SMILES string of the molecule is CNC(=O)NC(=O)C(C)OC(=O)c1ccc(Cl)c(S(=O)(=O)N2CCOCC2)c1. The minimum atomic E-state index is -3.93. The number of benzene rings is 1. The fourth-order valence-electron chi connectivity index (χ4n) is 2.31. The molecule has 1 aliphatic rings. The summed E-state index contributed by atoms with van der Waals surface area (Å²) >= 11 is 6.04. The molecule has 0 radical (unpaired) electrons. The van der Waals surface area contributed by atoms with Crippen molar-refractivity contribution in [3.05, 3.63) is 28.8 Å². The maximum Gasteiger partial charge on any atom is 0.338 e. The van der Waals surface area contributed by atoms with Gasteiger partial charge in [-0.3, -0.25) is 10.1 Å². The Morgan fingerprint density at radius 2 is 1.89 bits per heavy atom. The summed E-state index contributed by atoms with van der Waals surface area (Å²) in [5.41, 5.74) is -0.101. The molecule has 1 heterocycles. The Morgan fingerprint density at radius 1 is 1.25 bits per heavy atom. The molecule has 0 bridgehead atoms. The summed E-state index contributed by atoms with van der Waals surface area (Å²) in [5.74, 6) is -1.77. The van der Waals surface area contributed by atoms with Crippen molar-refractivity contribution in [1.82, 2.24) is 14.9 Å². The van der Waals surface area contributed by atoms with E-state index in [0.29, 0.717) is 0 Å². The summed E-state index contributed by atoms with van der Waals surface area (Å²) in [7, 11) is -2.61. The van der Waals surface area contributed by atoms with Crippen LogP contribution in [0.4, 0.5) is 4.79 Å². The standard InChI is InChI=1S/C16H20ClN3O7S/c1-10(14(21)19-16(23)18-2)27-15(22)11-3-4-12(17)13(9-11)28(24,25)20-5-7-26-8-6-20/h3-4,9-10H,5-8H2,1-2H3,(H2,18,19,21,23). The first kappa shape index (κ1) is 22.1. The van der Waals surface area contributed by atoms with Gasteiger partial charge in [-0.05, 0) is 25.1 Å². The van der Waals surface area contributed by atoms with E-state index in [9.17, 15) is 22.8 Å². The first-order valence-electron chi connectivity index (χ1n) is 8.28. The molecule has 2 rings (SSSR count). The van der Waals surface area contributed by atoms with Gasteiger partial charge >= 0.3 is 12.0 Å². The Balaban J connectivity index is 2.18. The van der Waals surface area contributed by atoms with Crippen LogP contribution in [0.1, 0.15) is 17.3 Å². The maximum atomic E-state index is 12.8. The van der Waals surface area contributed by atoms with Gasteiger partial charge in [0, 0.05) is 20.1 Å². The van der Waals surface area contributed by atoms with Gasteiger partial charge in [0.1, 0.15) is 4.90 Å². The number of nitrogens with one attached hydrogen (secondary N) is 2. The zero-order chi connectivity index (χ0) is 20.9. The number of esters is 1. The predicted molar refractivity (Wildman–Crippen MR) is 98.5 cm³/mol. The quantitative estimate of drug-likeness (QED) is 0.641. The van der Waals surface area contributed by atoms with Gasteiger partial charge in [0.2, 0.25) is 10.0 Å². The second kappa shape index (κ2) is 9.32. The van der Waals surface area contributed by atoms with Crippen molar-refractivity contribution in [2.24, 2.45) is 0 Å². The largest absolute Gasteiger partial charge is 0.449 e. The third-order valence-electron chi connectivity index (χ3n) is 3.87. The first-order chi connectivity index (χ1) is 13.2. The first-order valence-corrected chi connectivity index (χ1v) is 10.1. The maximum absolute atomic E-state index is 12.8. The minimum absolute atomic E-state index is 0.0477. The van der Waals surface area contributed by atoms with Crippen LogP contribution < -0.4 is 10.6 Å². The molecule has 12 heteroatoms. The normalized spacial score (nSPS) is 16.1. The minimum Gasteiger partial charge on any atom is -0.449 e. The average Bonchev–Trinajstić information content (AvgIpc) is 2.68. The Kier molecular flexibility index (Phi) is 7.35. The van der Waals surface area contributed by atoms with Crippen LogP contribution in [0.2, 0.25) is 5.02 Å². The number of rotatable bonds is 5. The summed E-state index contributed by atoms with van der Waals surface area (Å²) in [6, 6.07) is 2.89. The van der Waals surface area contributed by atoms with Crippen molar-refractivity contribution in [3.8, 4) is 0 Å². The summed E-state index contributed by atoms with van der Waals surface area (Å²) in [5, 5.41) is 4.12. The summed E-state index contributed by atoms with van der Waals surface area (Å²) < 4.78 is 36.9. The van der Waals surface area contributed by atoms with Gasteiger partial charge in [-0.25, -0.2) is 18.0 Å². The van der Waals surface area contributed by atoms with Crippen LogP contribution in [-0.4, -0.2) is 70.1 Å². The molecule has 3 amide bonds. The number of imide groups is 1. The zero-order valence-corrected chi connectivity index (χ0v) is 16.8. The lowest BCUT2D eigenvalue weighted by molar-refractivity contribution is -0.127. The van der Waals surface area contributed by atoms with E-state index >= 15 is 0 Å². The lowest BCUT2D eigenvalue weighted by atomic mass is 10.2. The summed E-state index contributed by atoms with van der Waals surface area (Å²) in [6.07, 6.45) is -1.28. The number of carbonyl (C=O) groups is 3. The topological polar surface area (TPSA) is 131 Å². The van der Waals surface area contributed by atoms with Gasteiger partial charge in [0.15, 0.2) is 6.10 Å². The highest BCUT2D eigenvalue weighted by Gasteiger charge is 2.30. The Bertz CT molecular complexity index is 869. The number of halogens is 1. The molecule has 1 aliphatic heterocycles. The molecular formula is C16H20ClN3O7S.